The Labute approximate surface area is 213 Å². The highest BCUT2D eigenvalue weighted by atomic mass is 16.5. The molecule has 2 aromatic heterocycles. The number of nitrogens with zero attached hydrogens (tertiary/aromatic N) is 4. The van der Waals surface area contributed by atoms with E-state index >= 15 is 0 Å². The smallest absolute Gasteiger partial charge is 0.258 e. The highest BCUT2D eigenvalue weighted by Crippen LogP contribution is 2.28. The maximum atomic E-state index is 12.2. The summed E-state index contributed by atoms with van der Waals surface area (Å²) in [5.41, 5.74) is 3.56. The zero-order valence-corrected chi connectivity index (χ0v) is 20.2. The summed E-state index contributed by atoms with van der Waals surface area (Å²) in [6, 6.07) is 28.7. The Morgan fingerprint density at radius 2 is 1.59 bits per heavy atom. The quantitative estimate of drug-likeness (QED) is 0.292. The molecule has 5 rings (SSSR count). The van der Waals surface area contributed by atoms with Gasteiger partial charge in [-0.15, -0.1) is 15.3 Å². The van der Waals surface area contributed by atoms with Gasteiger partial charge in [0.15, 0.2) is 18.1 Å². The van der Waals surface area contributed by atoms with Gasteiger partial charge in [0.25, 0.3) is 5.91 Å². The van der Waals surface area contributed by atoms with Crippen LogP contribution in [0.25, 0.3) is 28.2 Å². The molecule has 9 heteroatoms. The second-order valence-corrected chi connectivity index (χ2v) is 8.04. The molecule has 0 saturated heterocycles. The molecule has 5 aromatic rings. The van der Waals surface area contributed by atoms with Crippen LogP contribution in [0.2, 0.25) is 0 Å². The Bertz CT molecular complexity index is 1490. The van der Waals surface area contributed by atoms with Crippen molar-refractivity contribution in [1.82, 2.24) is 25.1 Å². The average Bonchev–Trinajstić information content (AvgIpc) is 3.38. The third-order valence-electron chi connectivity index (χ3n) is 5.59. The van der Waals surface area contributed by atoms with Gasteiger partial charge in [-0.1, -0.05) is 54.6 Å². The Kier molecular flexibility index (Phi) is 7.21. The topological polar surface area (TPSA) is 99.9 Å². The van der Waals surface area contributed by atoms with E-state index in [-0.39, 0.29) is 19.1 Å². The second kappa shape index (κ2) is 11.2. The molecule has 1 N–H and O–H groups in total. The van der Waals surface area contributed by atoms with Crippen molar-refractivity contribution < 1.29 is 19.0 Å². The summed E-state index contributed by atoms with van der Waals surface area (Å²) >= 11 is 0. The van der Waals surface area contributed by atoms with Crippen LogP contribution < -0.4 is 19.5 Å². The van der Waals surface area contributed by atoms with Gasteiger partial charge in [-0.05, 0) is 41.5 Å². The van der Waals surface area contributed by atoms with Crippen LogP contribution in [-0.2, 0) is 4.79 Å². The van der Waals surface area contributed by atoms with Gasteiger partial charge in [0.05, 0.1) is 19.2 Å². The molecule has 0 bridgehead atoms. The molecule has 0 spiro atoms. The van der Waals surface area contributed by atoms with Crippen LogP contribution in [0.15, 0.2) is 91.0 Å². The SMILES string of the molecule is COc1ccccc1-c1nnc2ccc(OCCNC(=O)COc3ccc(-c4ccccc4)cc3)nn12. The van der Waals surface area contributed by atoms with Gasteiger partial charge in [0, 0.05) is 6.07 Å². The maximum absolute atomic E-state index is 12.2. The van der Waals surface area contributed by atoms with Crippen LogP contribution in [0, 0.1) is 0 Å². The number of amides is 1. The fourth-order valence-electron chi connectivity index (χ4n) is 3.77. The highest BCUT2D eigenvalue weighted by Gasteiger charge is 2.14. The molecule has 1 amide bonds. The van der Waals surface area contributed by atoms with Crippen LogP contribution >= 0.6 is 0 Å². The maximum Gasteiger partial charge on any atom is 0.258 e. The molecule has 0 aliphatic heterocycles. The lowest BCUT2D eigenvalue weighted by Crippen LogP contribution is -2.32. The summed E-state index contributed by atoms with van der Waals surface area (Å²) in [5.74, 6) is 1.98. The number of rotatable bonds is 10. The molecule has 0 saturated carbocycles. The van der Waals surface area contributed by atoms with E-state index < -0.39 is 0 Å². The monoisotopic (exact) mass is 495 g/mol. The number of carbonyl (C=O) groups is 1. The van der Waals surface area contributed by atoms with Crippen molar-refractivity contribution >= 4 is 11.6 Å². The minimum Gasteiger partial charge on any atom is -0.496 e. The normalized spacial score (nSPS) is 10.7. The van der Waals surface area contributed by atoms with E-state index in [1.807, 2.05) is 78.9 Å². The molecule has 0 aliphatic rings. The number of aromatic nitrogens is 4. The lowest BCUT2D eigenvalue weighted by Gasteiger charge is -2.10. The number of hydrogen-bond donors (Lipinski definition) is 1. The summed E-state index contributed by atoms with van der Waals surface area (Å²) in [6.07, 6.45) is 0. The van der Waals surface area contributed by atoms with Crippen LogP contribution in [0.4, 0.5) is 0 Å². The molecule has 0 radical (unpaired) electrons. The lowest BCUT2D eigenvalue weighted by atomic mass is 10.1. The van der Waals surface area contributed by atoms with Crippen molar-refractivity contribution in [2.24, 2.45) is 0 Å². The number of fused-ring (bicyclic) bond motifs is 1. The highest BCUT2D eigenvalue weighted by molar-refractivity contribution is 5.77. The van der Waals surface area contributed by atoms with Gasteiger partial charge in [0.2, 0.25) is 5.88 Å². The number of carbonyl (C=O) groups excluding carboxylic acids is 1. The molecule has 0 unspecified atom stereocenters. The minimum atomic E-state index is -0.239. The largest absolute Gasteiger partial charge is 0.496 e. The summed E-state index contributed by atoms with van der Waals surface area (Å²) in [5, 5.41) is 15.7. The second-order valence-electron chi connectivity index (χ2n) is 8.04. The molecule has 0 fully saturated rings. The van der Waals surface area contributed by atoms with E-state index in [9.17, 15) is 4.79 Å². The van der Waals surface area contributed by atoms with Crippen molar-refractivity contribution in [3.63, 3.8) is 0 Å². The first-order valence-electron chi connectivity index (χ1n) is 11.7. The van der Waals surface area contributed by atoms with Gasteiger partial charge >= 0.3 is 0 Å². The predicted molar refractivity (Wildman–Crippen MR) is 139 cm³/mol. The Morgan fingerprint density at radius 3 is 2.41 bits per heavy atom. The predicted octanol–water partition coefficient (Wildman–Crippen LogP) is 4.04. The molecule has 2 heterocycles. The van der Waals surface area contributed by atoms with E-state index in [1.165, 1.54) is 0 Å². The zero-order valence-electron chi connectivity index (χ0n) is 20.2. The number of methoxy groups -OCH3 is 1. The Hall–Kier alpha value is -4.92. The zero-order chi connectivity index (χ0) is 25.5. The molecule has 0 aliphatic carbocycles. The van der Waals surface area contributed by atoms with Crippen molar-refractivity contribution in [2.45, 2.75) is 0 Å². The molecule has 3 aromatic carbocycles. The number of ether oxygens (including phenoxy) is 3. The first kappa shape index (κ1) is 23.8. The summed E-state index contributed by atoms with van der Waals surface area (Å²) in [4.78, 5) is 12.2. The molecule has 0 atom stereocenters. The van der Waals surface area contributed by atoms with E-state index in [0.717, 1.165) is 16.7 Å². The summed E-state index contributed by atoms with van der Waals surface area (Å²) in [7, 11) is 1.60. The van der Waals surface area contributed by atoms with E-state index in [4.69, 9.17) is 14.2 Å². The van der Waals surface area contributed by atoms with Gasteiger partial charge in [-0.2, -0.15) is 4.52 Å². The fourth-order valence-corrected chi connectivity index (χ4v) is 3.77. The summed E-state index contributed by atoms with van der Waals surface area (Å²) in [6.45, 7) is 0.455. The number of para-hydroxylation sites is 1. The Balaban J connectivity index is 1.11. The van der Waals surface area contributed by atoms with Crippen LogP contribution in [0.5, 0.6) is 17.4 Å². The molecule has 9 nitrogen and oxygen atoms in total. The van der Waals surface area contributed by atoms with Crippen molar-refractivity contribution in [2.75, 3.05) is 26.9 Å². The van der Waals surface area contributed by atoms with Gasteiger partial charge in [-0.3, -0.25) is 4.79 Å². The van der Waals surface area contributed by atoms with Gasteiger partial charge in [0.1, 0.15) is 18.1 Å². The van der Waals surface area contributed by atoms with Crippen molar-refractivity contribution in [3.8, 4) is 39.9 Å². The molecular weight excluding hydrogens is 470 g/mol. The van der Waals surface area contributed by atoms with Crippen molar-refractivity contribution in [3.05, 3.63) is 91.0 Å². The van der Waals surface area contributed by atoms with Crippen LogP contribution in [-0.4, -0.2) is 52.6 Å². The van der Waals surface area contributed by atoms with Gasteiger partial charge in [-0.25, -0.2) is 0 Å². The lowest BCUT2D eigenvalue weighted by molar-refractivity contribution is -0.123. The molecular formula is C28H25N5O4. The molecule has 186 valence electrons. The average molecular weight is 496 g/mol. The number of benzene rings is 3. The van der Waals surface area contributed by atoms with Crippen molar-refractivity contribution in [1.29, 1.82) is 0 Å². The molecule has 37 heavy (non-hydrogen) atoms. The first-order chi connectivity index (χ1) is 18.2. The number of hydrogen-bond acceptors (Lipinski definition) is 7. The van der Waals surface area contributed by atoms with E-state index in [1.54, 1.807) is 23.8 Å². The van der Waals surface area contributed by atoms with Gasteiger partial charge < -0.3 is 19.5 Å². The standard InChI is InChI=1S/C28H25N5O4/c1-35-24-10-6-5-9-23(24)28-31-30-25-15-16-27(32-33(25)28)36-18-17-29-26(34)19-37-22-13-11-21(12-14-22)20-7-3-2-4-8-20/h2-16H,17-19H2,1H3,(H,29,34). The third-order valence-corrected chi connectivity index (χ3v) is 5.59. The summed E-state index contributed by atoms with van der Waals surface area (Å²) < 4.78 is 18.4. The number of nitrogens with one attached hydrogen (secondary N) is 1. The fraction of sp³-hybridized carbons (Fsp3) is 0.143. The first-order valence-corrected chi connectivity index (χ1v) is 11.7. The van der Waals surface area contributed by atoms with E-state index in [0.29, 0.717) is 35.4 Å². The minimum absolute atomic E-state index is 0.0854. The van der Waals surface area contributed by atoms with Crippen LogP contribution in [0.3, 0.4) is 0 Å². The van der Waals surface area contributed by atoms with E-state index in [2.05, 4.69) is 20.6 Å². The Morgan fingerprint density at radius 1 is 0.838 bits per heavy atom. The van der Waals surface area contributed by atoms with Crippen LogP contribution in [0.1, 0.15) is 0 Å². The third kappa shape index (κ3) is 5.67.